The van der Waals surface area contributed by atoms with Gasteiger partial charge in [0.25, 0.3) is 5.91 Å². The molecule has 2 heterocycles. The van der Waals surface area contributed by atoms with Crippen molar-refractivity contribution in [2.45, 2.75) is 13.0 Å². The number of aliphatic hydroxyl groups is 1. The standard InChI is InChI=1S/C13H14N4O2/c1-9-4-10(17-8-14-7-15-17)2-3-12(9)13(19)16-5-11(18)6-16/h2-4,7-8,11,18H,5-6H2,1H3. The van der Waals surface area contributed by atoms with Gasteiger partial charge in [-0.3, -0.25) is 4.79 Å². The van der Waals surface area contributed by atoms with Crippen LogP contribution in [0.2, 0.25) is 0 Å². The van der Waals surface area contributed by atoms with E-state index in [1.165, 1.54) is 6.33 Å². The van der Waals surface area contributed by atoms with Crippen molar-refractivity contribution in [3.8, 4) is 5.69 Å². The number of rotatable bonds is 2. The third kappa shape index (κ3) is 2.10. The Morgan fingerprint density at radius 3 is 2.79 bits per heavy atom. The molecule has 3 rings (SSSR count). The highest BCUT2D eigenvalue weighted by molar-refractivity contribution is 5.96. The number of aromatic nitrogens is 3. The van der Waals surface area contributed by atoms with E-state index in [4.69, 9.17) is 0 Å². The number of aliphatic hydroxyl groups excluding tert-OH is 1. The molecule has 0 saturated carbocycles. The van der Waals surface area contributed by atoms with Crippen molar-refractivity contribution in [1.82, 2.24) is 19.7 Å². The molecule has 6 nitrogen and oxygen atoms in total. The van der Waals surface area contributed by atoms with E-state index in [0.717, 1.165) is 11.3 Å². The normalized spacial score (nSPS) is 15.4. The largest absolute Gasteiger partial charge is 0.389 e. The van der Waals surface area contributed by atoms with Crippen LogP contribution in [0.15, 0.2) is 30.9 Å². The molecule has 0 unspecified atom stereocenters. The minimum Gasteiger partial charge on any atom is -0.389 e. The first kappa shape index (κ1) is 11.9. The summed E-state index contributed by atoms with van der Waals surface area (Å²) in [5.74, 6) is -0.0343. The van der Waals surface area contributed by atoms with Crippen molar-refractivity contribution in [1.29, 1.82) is 0 Å². The van der Waals surface area contributed by atoms with E-state index in [1.807, 2.05) is 19.1 Å². The zero-order valence-electron chi connectivity index (χ0n) is 10.5. The Bertz CT molecular complexity index is 603. The lowest BCUT2D eigenvalue weighted by Crippen LogP contribution is -2.53. The second-order valence-electron chi connectivity index (χ2n) is 4.70. The number of carbonyl (C=O) groups excluding carboxylic acids is 1. The van der Waals surface area contributed by atoms with E-state index in [-0.39, 0.29) is 12.0 Å². The van der Waals surface area contributed by atoms with Crippen LogP contribution in [0.3, 0.4) is 0 Å². The van der Waals surface area contributed by atoms with E-state index >= 15 is 0 Å². The SMILES string of the molecule is Cc1cc(-n2cncn2)ccc1C(=O)N1CC(O)C1. The number of carbonyl (C=O) groups is 1. The van der Waals surface area contributed by atoms with Crippen LogP contribution < -0.4 is 0 Å². The van der Waals surface area contributed by atoms with E-state index < -0.39 is 0 Å². The maximum absolute atomic E-state index is 12.2. The topological polar surface area (TPSA) is 71.2 Å². The summed E-state index contributed by atoms with van der Waals surface area (Å²) in [7, 11) is 0. The molecule has 1 amide bonds. The first-order chi connectivity index (χ1) is 9.15. The van der Waals surface area contributed by atoms with Crippen molar-refractivity contribution < 1.29 is 9.90 Å². The molecule has 1 N–H and O–H groups in total. The number of hydrogen-bond acceptors (Lipinski definition) is 4. The molecule has 98 valence electrons. The maximum atomic E-state index is 12.2. The summed E-state index contributed by atoms with van der Waals surface area (Å²) in [6.07, 6.45) is 2.71. The highest BCUT2D eigenvalue weighted by Crippen LogP contribution is 2.18. The van der Waals surface area contributed by atoms with Crippen LogP contribution in [0.25, 0.3) is 5.69 Å². The van der Waals surface area contributed by atoms with E-state index in [9.17, 15) is 9.90 Å². The molecule has 6 heteroatoms. The van der Waals surface area contributed by atoms with Crippen LogP contribution in [0.4, 0.5) is 0 Å². The molecule has 0 spiro atoms. The maximum Gasteiger partial charge on any atom is 0.254 e. The predicted molar refractivity (Wildman–Crippen MR) is 68.0 cm³/mol. The zero-order valence-corrected chi connectivity index (χ0v) is 10.5. The summed E-state index contributed by atoms with van der Waals surface area (Å²) >= 11 is 0. The van der Waals surface area contributed by atoms with Gasteiger partial charge in [0.2, 0.25) is 0 Å². The van der Waals surface area contributed by atoms with Crippen LogP contribution in [0.5, 0.6) is 0 Å². The van der Waals surface area contributed by atoms with E-state index in [1.54, 1.807) is 22.0 Å². The second kappa shape index (κ2) is 4.47. The van der Waals surface area contributed by atoms with Gasteiger partial charge in [0.15, 0.2) is 0 Å². The lowest BCUT2D eigenvalue weighted by atomic mass is 10.0. The predicted octanol–water partition coefficient (Wildman–Crippen LogP) is 0.392. The van der Waals surface area contributed by atoms with Gasteiger partial charge < -0.3 is 10.0 Å². The smallest absolute Gasteiger partial charge is 0.254 e. The van der Waals surface area contributed by atoms with Gasteiger partial charge >= 0.3 is 0 Å². The Kier molecular flexibility index (Phi) is 2.79. The van der Waals surface area contributed by atoms with Gasteiger partial charge in [-0.25, -0.2) is 9.67 Å². The fourth-order valence-corrected chi connectivity index (χ4v) is 2.16. The zero-order chi connectivity index (χ0) is 13.4. The van der Waals surface area contributed by atoms with Crippen molar-refractivity contribution >= 4 is 5.91 Å². The molecule has 1 aromatic carbocycles. The molecule has 0 atom stereocenters. The van der Waals surface area contributed by atoms with Gasteiger partial charge in [0.1, 0.15) is 12.7 Å². The fourth-order valence-electron chi connectivity index (χ4n) is 2.16. The lowest BCUT2D eigenvalue weighted by Gasteiger charge is -2.36. The van der Waals surface area contributed by atoms with Crippen LogP contribution in [-0.2, 0) is 0 Å². The first-order valence-corrected chi connectivity index (χ1v) is 6.08. The highest BCUT2D eigenvalue weighted by Gasteiger charge is 2.30. The monoisotopic (exact) mass is 258 g/mol. The van der Waals surface area contributed by atoms with Gasteiger partial charge in [-0.1, -0.05) is 0 Å². The summed E-state index contributed by atoms with van der Waals surface area (Å²) in [6, 6.07) is 5.53. The van der Waals surface area contributed by atoms with Gasteiger partial charge in [0.05, 0.1) is 11.8 Å². The summed E-state index contributed by atoms with van der Waals surface area (Å²) < 4.78 is 1.65. The molecule has 1 fully saturated rings. The molecule has 0 radical (unpaired) electrons. The molecular weight excluding hydrogens is 244 g/mol. The molecule has 0 aliphatic carbocycles. The van der Waals surface area contributed by atoms with Crippen LogP contribution in [-0.4, -0.2) is 49.9 Å². The Labute approximate surface area is 110 Å². The molecule has 1 aromatic heterocycles. The van der Waals surface area contributed by atoms with E-state index in [0.29, 0.717) is 18.7 Å². The molecule has 1 saturated heterocycles. The third-order valence-corrected chi connectivity index (χ3v) is 3.27. The molecule has 0 bridgehead atoms. The molecule has 1 aliphatic rings. The van der Waals surface area contributed by atoms with Gasteiger partial charge in [-0.2, -0.15) is 5.10 Å². The van der Waals surface area contributed by atoms with Crippen molar-refractivity contribution in [3.05, 3.63) is 42.0 Å². The number of aryl methyl sites for hydroxylation is 1. The Morgan fingerprint density at radius 2 is 2.21 bits per heavy atom. The average molecular weight is 258 g/mol. The van der Waals surface area contributed by atoms with Gasteiger partial charge in [0, 0.05) is 18.7 Å². The van der Waals surface area contributed by atoms with Crippen molar-refractivity contribution in [2.24, 2.45) is 0 Å². The van der Waals surface area contributed by atoms with Crippen molar-refractivity contribution in [2.75, 3.05) is 13.1 Å². The lowest BCUT2D eigenvalue weighted by molar-refractivity contribution is 0.00584. The Morgan fingerprint density at radius 1 is 1.42 bits per heavy atom. The summed E-state index contributed by atoms with van der Waals surface area (Å²) in [6.45, 7) is 2.73. The number of hydrogen-bond donors (Lipinski definition) is 1. The van der Waals surface area contributed by atoms with Crippen LogP contribution in [0, 0.1) is 6.92 Å². The van der Waals surface area contributed by atoms with Crippen molar-refractivity contribution in [3.63, 3.8) is 0 Å². The summed E-state index contributed by atoms with van der Waals surface area (Å²) in [5.41, 5.74) is 2.42. The van der Waals surface area contributed by atoms with Crippen LogP contribution >= 0.6 is 0 Å². The second-order valence-corrected chi connectivity index (χ2v) is 4.70. The average Bonchev–Trinajstić information content (AvgIpc) is 2.88. The molecule has 1 aliphatic heterocycles. The Hall–Kier alpha value is -2.21. The molecular formula is C13H14N4O2. The number of β-amino-alcohol motifs (C(OH)–C–C–N with tert-alkyl or cyclic N) is 1. The fraction of sp³-hybridized carbons (Fsp3) is 0.308. The Balaban J connectivity index is 1.86. The summed E-state index contributed by atoms with van der Waals surface area (Å²) in [4.78, 5) is 17.7. The van der Waals surface area contributed by atoms with E-state index in [2.05, 4.69) is 10.1 Å². The van der Waals surface area contributed by atoms with Crippen LogP contribution in [0.1, 0.15) is 15.9 Å². The minimum atomic E-state index is -0.376. The number of benzene rings is 1. The highest BCUT2D eigenvalue weighted by atomic mass is 16.3. The van der Waals surface area contributed by atoms with Gasteiger partial charge in [-0.15, -0.1) is 0 Å². The van der Waals surface area contributed by atoms with Gasteiger partial charge in [-0.05, 0) is 30.7 Å². The molecule has 19 heavy (non-hydrogen) atoms. The number of amides is 1. The number of nitrogens with zero attached hydrogens (tertiary/aromatic N) is 4. The quantitative estimate of drug-likeness (QED) is 0.846. The minimum absolute atomic E-state index is 0.0343. The summed E-state index contributed by atoms with van der Waals surface area (Å²) in [5, 5.41) is 13.3. The molecule has 2 aromatic rings. The number of likely N-dealkylation sites (tertiary alicyclic amines) is 1. The third-order valence-electron chi connectivity index (χ3n) is 3.27. The first-order valence-electron chi connectivity index (χ1n) is 6.08.